The number of aryl methyl sites for hydroxylation is 1. The molecule has 0 aliphatic rings. The van der Waals surface area contributed by atoms with E-state index in [9.17, 15) is 18.3 Å². The number of hydrogen-bond donors (Lipinski definition) is 2. The Morgan fingerprint density at radius 1 is 1.33 bits per heavy atom. The highest BCUT2D eigenvalue weighted by Gasteiger charge is 2.36. The zero-order chi connectivity index (χ0) is 16.3. The van der Waals surface area contributed by atoms with Gasteiger partial charge in [-0.2, -0.15) is 0 Å². The molecule has 2 N–H and O–H groups in total. The van der Waals surface area contributed by atoms with Gasteiger partial charge in [0.1, 0.15) is 0 Å². The Balaban J connectivity index is 3.06. The first-order chi connectivity index (χ1) is 9.68. The molecule has 0 aromatic heterocycles. The van der Waals surface area contributed by atoms with Crippen molar-refractivity contribution in [1.82, 2.24) is 4.72 Å². The van der Waals surface area contributed by atoms with Gasteiger partial charge >= 0.3 is 5.97 Å². The molecule has 7 heteroatoms. The van der Waals surface area contributed by atoms with E-state index in [1.165, 1.54) is 6.07 Å². The lowest BCUT2D eigenvalue weighted by molar-refractivity contribution is -0.149. The summed E-state index contributed by atoms with van der Waals surface area (Å²) in [5, 5.41) is 9.35. The van der Waals surface area contributed by atoms with E-state index in [0.717, 1.165) is 0 Å². The van der Waals surface area contributed by atoms with Crippen molar-refractivity contribution in [2.45, 2.75) is 38.5 Å². The summed E-state index contributed by atoms with van der Waals surface area (Å²) in [6.45, 7) is 5.07. The maximum atomic E-state index is 12.4. The van der Waals surface area contributed by atoms with Crippen LogP contribution in [0.1, 0.15) is 32.3 Å². The van der Waals surface area contributed by atoms with E-state index in [-0.39, 0.29) is 11.4 Å². The molecule has 0 amide bonds. The van der Waals surface area contributed by atoms with E-state index in [2.05, 4.69) is 20.7 Å². The summed E-state index contributed by atoms with van der Waals surface area (Å²) in [4.78, 5) is 11.6. The van der Waals surface area contributed by atoms with Crippen molar-refractivity contribution in [2.24, 2.45) is 5.41 Å². The lowest BCUT2D eigenvalue weighted by Gasteiger charge is -2.26. The summed E-state index contributed by atoms with van der Waals surface area (Å²) in [5.41, 5.74) is -0.466. The topological polar surface area (TPSA) is 83.5 Å². The third-order valence-corrected chi connectivity index (χ3v) is 5.88. The molecule has 0 bridgehead atoms. The summed E-state index contributed by atoms with van der Waals surface area (Å²) in [5.74, 6) is -0.985. The lowest BCUT2D eigenvalue weighted by atomic mass is 9.83. The van der Waals surface area contributed by atoms with E-state index >= 15 is 0 Å². The van der Waals surface area contributed by atoms with Crippen molar-refractivity contribution in [3.05, 3.63) is 28.2 Å². The highest BCUT2D eigenvalue weighted by atomic mass is 79.9. The van der Waals surface area contributed by atoms with Crippen LogP contribution in [0.15, 0.2) is 27.6 Å². The van der Waals surface area contributed by atoms with Crippen molar-refractivity contribution >= 4 is 31.9 Å². The number of benzene rings is 1. The second-order valence-electron chi connectivity index (χ2n) is 5.03. The number of rotatable bonds is 7. The highest BCUT2D eigenvalue weighted by molar-refractivity contribution is 9.10. The summed E-state index contributed by atoms with van der Waals surface area (Å²) in [6.07, 6.45) is 0.720. The molecular weight excluding hydrogens is 358 g/mol. The smallest absolute Gasteiger partial charge is 0.310 e. The minimum atomic E-state index is -3.74. The quantitative estimate of drug-likeness (QED) is 0.764. The third kappa shape index (κ3) is 4.05. The van der Waals surface area contributed by atoms with Gasteiger partial charge in [0.25, 0.3) is 0 Å². The first kappa shape index (κ1) is 18.1. The first-order valence-electron chi connectivity index (χ1n) is 6.67. The molecule has 1 rings (SSSR count). The van der Waals surface area contributed by atoms with Gasteiger partial charge < -0.3 is 5.11 Å². The molecule has 0 atom stereocenters. The Hall–Kier alpha value is -0.920. The van der Waals surface area contributed by atoms with Crippen LogP contribution >= 0.6 is 15.9 Å². The fraction of sp³-hybridized carbons (Fsp3) is 0.500. The van der Waals surface area contributed by atoms with Crippen molar-refractivity contribution in [3.8, 4) is 0 Å². The molecule has 0 unspecified atom stereocenters. The number of nitrogens with one attached hydrogen (secondary N) is 1. The lowest BCUT2D eigenvalue weighted by Crippen LogP contribution is -2.42. The van der Waals surface area contributed by atoms with Gasteiger partial charge in [-0.15, -0.1) is 0 Å². The van der Waals surface area contributed by atoms with Crippen LogP contribution in [0.2, 0.25) is 0 Å². The Morgan fingerprint density at radius 3 is 2.38 bits per heavy atom. The molecule has 21 heavy (non-hydrogen) atoms. The van der Waals surface area contributed by atoms with Gasteiger partial charge in [-0.3, -0.25) is 4.79 Å². The zero-order valence-corrected chi connectivity index (χ0v) is 14.7. The summed E-state index contributed by atoms with van der Waals surface area (Å²) in [6, 6.07) is 4.97. The summed E-state index contributed by atoms with van der Waals surface area (Å²) < 4.78 is 27.9. The standard InChI is InChI=1S/C14H20BrNO4S/c1-4-14(5-2,13(17)18)9-16-21(19,20)12-8-11(15)7-6-10(12)3/h6-8,16H,4-5,9H2,1-3H3,(H,17,18). The van der Waals surface area contributed by atoms with E-state index in [1.807, 2.05) is 0 Å². The number of hydrogen-bond acceptors (Lipinski definition) is 3. The fourth-order valence-electron chi connectivity index (χ4n) is 2.05. The van der Waals surface area contributed by atoms with Crippen molar-refractivity contribution in [3.63, 3.8) is 0 Å². The Bertz CT molecular complexity index is 624. The van der Waals surface area contributed by atoms with E-state index in [4.69, 9.17) is 0 Å². The van der Waals surface area contributed by atoms with Gasteiger partial charge in [0.15, 0.2) is 0 Å². The van der Waals surface area contributed by atoms with E-state index in [1.54, 1.807) is 32.9 Å². The molecule has 0 aliphatic heterocycles. The van der Waals surface area contributed by atoms with Gasteiger partial charge in [-0.25, -0.2) is 13.1 Å². The van der Waals surface area contributed by atoms with Gasteiger partial charge in [-0.05, 0) is 37.5 Å². The molecule has 1 aromatic carbocycles. The average Bonchev–Trinajstić information content (AvgIpc) is 2.42. The molecule has 0 fully saturated rings. The third-order valence-electron chi connectivity index (χ3n) is 3.85. The van der Waals surface area contributed by atoms with Crippen molar-refractivity contribution in [2.75, 3.05) is 6.54 Å². The number of halogens is 1. The van der Waals surface area contributed by atoms with E-state index in [0.29, 0.717) is 22.9 Å². The molecule has 118 valence electrons. The predicted octanol–water partition coefficient (Wildman–Crippen LogP) is 2.93. The van der Waals surface area contributed by atoms with Crippen LogP contribution in [0.4, 0.5) is 0 Å². The molecular formula is C14H20BrNO4S. The second kappa shape index (κ2) is 6.89. The number of carboxylic acid groups (broad SMARTS) is 1. The highest BCUT2D eigenvalue weighted by Crippen LogP contribution is 2.27. The number of sulfonamides is 1. The van der Waals surface area contributed by atoms with Crippen LogP contribution in [0.5, 0.6) is 0 Å². The normalized spacial score (nSPS) is 12.4. The molecule has 1 aromatic rings. The number of carboxylic acids is 1. The second-order valence-corrected chi connectivity index (χ2v) is 7.68. The molecule has 0 saturated heterocycles. The summed E-state index contributed by atoms with van der Waals surface area (Å²) >= 11 is 3.24. The molecule has 0 radical (unpaired) electrons. The largest absolute Gasteiger partial charge is 0.481 e. The van der Waals surface area contributed by atoms with Gasteiger partial charge in [0.05, 0.1) is 10.3 Å². The maximum absolute atomic E-state index is 12.4. The Kier molecular flexibility index (Phi) is 5.95. The van der Waals surface area contributed by atoms with E-state index < -0.39 is 21.4 Å². The minimum absolute atomic E-state index is 0.121. The SMILES string of the molecule is CCC(CC)(CNS(=O)(=O)c1cc(Br)ccc1C)C(=O)O. The fourth-order valence-corrected chi connectivity index (χ4v) is 3.96. The van der Waals surface area contributed by atoms with Crippen LogP contribution in [-0.4, -0.2) is 26.0 Å². The molecule has 0 saturated carbocycles. The minimum Gasteiger partial charge on any atom is -0.481 e. The van der Waals surface area contributed by atoms with Crippen LogP contribution in [-0.2, 0) is 14.8 Å². The number of carbonyl (C=O) groups is 1. The van der Waals surface area contributed by atoms with Crippen molar-refractivity contribution in [1.29, 1.82) is 0 Å². The predicted molar refractivity (Wildman–Crippen MR) is 84.7 cm³/mol. The Morgan fingerprint density at radius 2 is 1.90 bits per heavy atom. The van der Waals surface area contributed by atoms with Gasteiger partial charge in [0, 0.05) is 11.0 Å². The van der Waals surface area contributed by atoms with Crippen molar-refractivity contribution < 1.29 is 18.3 Å². The maximum Gasteiger partial charge on any atom is 0.310 e. The average molecular weight is 378 g/mol. The zero-order valence-electron chi connectivity index (χ0n) is 12.3. The summed E-state index contributed by atoms with van der Waals surface area (Å²) in [7, 11) is -3.74. The van der Waals surface area contributed by atoms with Crippen LogP contribution in [0.3, 0.4) is 0 Å². The van der Waals surface area contributed by atoms with Gasteiger partial charge in [0.2, 0.25) is 10.0 Å². The van der Waals surface area contributed by atoms with Gasteiger partial charge in [-0.1, -0.05) is 35.8 Å². The monoisotopic (exact) mass is 377 g/mol. The van der Waals surface area contributed by atoms with Crippen LogP contribution < -0.4 is 4.72 Å². The van der Waals surface area contributed by atoms with Crippen LogP contribution in [0, 0.1) is 12.3 Å². The molecule has 0 spiro atoms. The molecule has 5 nitrogen and oxygen atoms in total. The molecule has 0 aliphatic carbocycles. The number of aliphatic carboxylic acids is 1. The van der Waals surface area contributed by atoms with Crippen LogP contribution in [0.25, 0.3) is 0 Å². The molecule has 0 heterocycles. The first-order valence-corrected chi connectivity index (χ1v) is 8.95. The Labute approximate surface area is 133 Å².